The van der Waals surface area contributed by atoms with Crippen LogP contribution in [0.25, 0.3) is 0 Å². The summed E-state index contributed by atoms with van der Waals surface area (Å²) in [5.41, 5.74) is 6.32. The van der Waals surface area contributed by atoms with Gasteiger partial charge in [-0.1, -0.05) is 56.3 Å². The number of aryl methyl sites for hydroxylation is 2. The molecular weight excluding hydrogens is 362 g/mol. The molecule has 3 aromatic rings. The molecule has 0 N–H and O–H groups in total. The van der Waals surface area contributed by atoms with E-state index in [2.05, 4.69) is 61.2 Å². The van der Waals surface area contributed by atoms with E-state index in [0.717, 1.165) is 31.5 Å². The van der Waals surface area contributed by atoms with Crippen molar-refractivity contribution >= 4 is 0 Å². The molecule has 1 aliphatic heterocycles. The first-order valence-corrected chi connectivity index (χ1v) is 10.3. The summed E-state index contributed by atoms with van der Waals surface area (Å²) in [6.45, 7) is 7.06. The number of hydrogen-bond acceptors (Lipinski definition) is 4. The zero-order valence-corrected chi connectivity index (χ0v) is 17.1. The van der Waals surface area contributed by atoms with Crippen LogP contribution in [0.4, 0.5) is 0 Å². The summed E-state index contributed by atoms with van der Waals surface area (Å²) >= 11 is 0. The Morgan fingerprint density at radius 2 is 1.69 bits per heavy atom. The highest BCUT2D eigenvalue weighted by atomic mass is 16.5. The second-order valence-electron chi connectivity index (χ2n) is 7.59. The predicted octanol–water partition coefficient (Wildman–Crippen LogP) is 4.86. The second-order valence-corrected chi connectivity index (χ2v) is 7.59. The Balaban J connectivity index is 1.39. The van der Waals surface area contributed by atoms with Crippen LogP contribution in [0.1, 0.15) is 47.4 Å². The van der Waals surface area contributed by atoms with Crippen LogP contribution in [0.3, 0.4) is 0 Å². The Labute approximate surface area is 171 Å². The Bertz CT molecular complexity index is 1030. The monoisotopic (exact) mass is 389 g/mol. The fraction of sp³-hybridized carbons (Fsp3) is 0.320. The number of hydrogen-bond donors (Lipinski definition) is 0. The summed E-state index contributed by atoms with van der Waals surface area (Å²) in [7, 11) is 0. The molecule has 4 heteroatoms. The third-order valence-electron chi connectivity index (χ3n) is 5.56. The van der Waals surface area contributed by atoms with Gasteiger partial charge >= 0.3 is 0 Å². The van der Waals surface area contributed by atoms with Gasteiger partial charge in [-0.25, -0.2) is 0 Å². The third-order valence-corrected chi connectivity index (χ3v) is 5.56. The van der Waals surface area contributed by atoms with Crippen LogP contribution in [-0.4, -0.2) is 4.90 Å². The molecule has 0 unspecified atom stereocenters. The van der Waals surface area contributed by atoms with Crippen molar-refractivity contribution in [3.63, 3.8) is 0 Å². The third kappa shape index (κ3) is 4.43. The number of fused-ring (bicyclic) bond motifs is 1. The lowest BCUT2D eigenvalue weighted by Crippen LogP contribution is -2.17. The van der Waals surface area contributed by atoms with Gasteiger partial charge in [-0.3, -0.25) is 9.69 Å². The Hall–Kier alpha value is -2.85. The molecule has 4 rings (SSSR count). The van der Waals surface area contributed by atoms with Crippen molar-refractivity contribution in [2.75, 3.05) is 0 Å². The maximum absolute atomic E-state index is 12.5. The normalized spacial score (nSPS) is 13.4. The first-order chi connectivity index (χ1) is 14.2. The molecule has 0 saturated heterocycles. The largest absolute Gasteiger partial charge is 0.482 e. The highest BCUT2D eigenvalue weighted by Crippen LogP contribution is 2.24. The van der Waals surface area contributed by atoms with Gasteiger partial charge in [0, 0.05) is 19.2 Å². The summed E-state index contributed by atoms with van der Waals surface area (Å²) in [6.07, 6.45) is 3.47. The van der Waals surface area contributed by atoms with E-state index in [-0.39, 0.29) is 11.2 Å². The summed E-state index contributed by atoms with van der Waals surface area (Å²) in [4.78, 5) is 14.7. The molecule has 2 heterocycles. The zero-order chi connectivity index (χ0) is 20.2. The van der Waals surface area contributed by atoms with E-state index in [1.54, 1.807) is 6.07 Å². The molecule has 0 aliphatic carbocycles. The molecule has 0 fully saturated rings. The maximum atomic E-state index is 12.5. The van der Waals surface area contributed by atoms with Crippen molar-refractivity contribution in [3.8, 4) is 5.75 Å². The average molecular weight is 389 g/mol. The van der Waals surface area contributed by atoms with Gasteiger partial charge in [0.2, 0.25) is 11.2 Å². The van der Waals surface area contributed by atoms with Gasteiger partial charge in [0.05, 0.1) is 6.54 Å². The molecule has 1 aromatic heterocycles. The van der Waals surface area contributed by atoms with Crippen molar-refractivity contribution in [2.45, 2.75) is 52.9 Å². The minimum atomic E-state index is -0.135. The van der Waals surface area contributed by atoms with Crippen LogP contribution < -0.4 is 10.2 Å². The smallest absolute Gasteiger partial charge is 0.227 e. The predicted molar refractivity (Wildman–Crippen MR) is 114 cm³/mol. The van der Waals surface area contributed by atoms with Crippen LogP contribution in [0.5, 0.6) is 5.75 Å². The molecule has 0 spiro atoms. The summed E-state index contributed by atoms with van der Waals surface area (Å²) in [5.74, 6) is 0.923. The van der Waals surface area contributed by atoms with E-state index in [0.29, 0.717) is 18.9 Å². The zero-order valence-electron chi connectivity index (χ0n) is 17.1. The summed E-state index contributed by atoms with van der Waals surface area (Å²) in [6, 6.07) is 16.4. The number of benzene rings is 2. The van der Waals surface area contributed by atoms with Gasteiger partial charge in [0.25, 0.3) is 0 Å². The van der Waals surface area contributed by atoms with Crippen molar-refractivity contribution in [1.29, 1.82) is 0 Å². The lowest BCUT2D eigenvalue weighted by molar-refractivity contribution is 0.241. The minimum absolute atomic E-state index is 0.135. The number of nitrogens with zero attached hydrogens (tertiary/aromatic N) is 1. The standard InChI is InChI=1S/C25H27NO3/c1-3-19-10-9-18(11-20(19)4-2)16-29-25-17-28-23(12-24(25)27)15-26-13-21-7-5-6-8-22(21)14-26/h5-12,17H,3-4,13-16H2,1-2H3. The fourth-order valence-electron chi connectivity index (χ4n) is 3.97. The van der Waals surface area contributed by atoms with Crippen molar-refractivity contribution in [3.05, 3.63) is 98.6 Å². The molecule has 29 heavy (non-hydrogen) atoms. The van der Waals surface area contributed by atoms with Crippen LogP contribution in [0.15, 0.2) is 64.0 Å². The van der Waals surface area contributed by atoms with Gasteiger partial charge in [0.15, 0.2) is 0 Å². The number of ether oxygens (including phenoxy) is 1. The van der Waals surface area contributed by atoms with Crippen LogP contribution >= 0.6 is 0 Å². The van der Waals surface area contributed by atoms with E-state index < -0.39 is 0 Å². The van der Waals surface area contributed by atoms with E-state index in [9.17, 15) is 4.79 Å². The molecule has 0 radical (unpaired) electrons. The first kappa shape index (κ1) is 19.5. The molecule has 2 aromatic carbocycles. The van der Waals surface area contributed by atoms with Gasteiger partial charge in [-0.15, -0.1) is 0 Å². The highest BCUT2D eigenvalue weighted by Gasteiger charge is 2.19. The van der Waals surface area contributed by atoms with Crippen LogP contribution in [-0.2, 0) is 39.1 Å². The Kier molecular flexibility index (Phi) is 5.81. The quantitative estimate of drug-likeness (QED) is 0.579. The summed E-state index contributed by atoms with van der Waals surface area (Å²) < 4.78 is 11.5. The van der Waals surface area contributed by atoms with Crippen molar-refractivity contribution in [1.82, 2.24) is 4.90 Å². The van der Waals surface area contributed by atoms with Crippen molar-refractivity contribution < 1.29 is 9.15 Å². The van der Waals surface area contributed by atoms with E-state index in [1.165, 1.54) is 28.5 Å². The topological polar surface area (TPSA) is 42.7 Å². The lowest BCUT2D eigenvalue weighted by atomic mass is 10.0. The van der Waals surface area contributed by atoms with Gasteiger partial charge < -0.3 is 9.15 Å². The second kappa shape index (κ2) is 8.66. The summed E-state index contributed by atoms with van der Waals surface area (Å²) in [5, 5.41) is 0. The minimum Gasteiger partial charge on any atom is -0.482 e. The highest BCUT2D eigenvalue weighted by molar-refractivity contribution is 5.33. The number of rotatable bonds is 7. The van der Waals surface area contributed by atoms with E-state index in [1.807, 2.05) is 0 Å². The first-order valence-electron chi connectivity index (χ1n) is 10.3. The van der Waals surface area contributed by atoms with Gasteiger partial charge in [0.1, 0.15) is 18.6 Å². The Morgan fingerprint density at radius 1 is 0.966 bits per heavy atom. The molecule has 0 saturated carbocycles. The average Bonchev–Trinajstić information content (AvgIpc) is 3.15. The van der Waals surface area contributed by atoms with Crippen molar-refractivity contribution in [2.24, 2.45) is 0 Å². The fourth-order valence-corrected chi connectivity index (χ4v) is 3.97. The molecule has 4 nitrogen and oxygen atoms in total. The van der Waals surface area contributed by atoms with Crippen LogP contribution in [0, 0.1) is 0 Å². The van der Waals surface area contributed by atoms with Crippen LogP contribution in [0.2, 0.25) is 0 Å². The Morgan fingerprint density at radius 3 is 2.34 bits per heavy atom. The van der Waals surface area contributed by atoms with E-state index >= 15 is 0 Å². The van der Waals surface area contributed by atoms with E-state index in [4.69, 9.17) is 9.15 Å². The maximum Gasteiger partial charge on any atom is 0.227 e. The SMILES string of the molecule is CCc1ccc(COc2coc(CN3Cc4ccccc4C3)cc2=O)cc1CC. The molecule has 0 bridgehead atoms. The lowest BCUT2D eigenvalue weighted by Gasteiger charge is -2.14. The molecule has 0 amide bonds. The van der Waals surface area contributed by atoms with Gasteiger partial charge in [-0.05, 0) is 40.7 Å². The molecule has 0 atom stereocenters. The molecule has 1 aliphatic rings. The molecule has 150 valence electrons. The van der Waals surface area contributed by atoms with Gasteiger partial charge in [-0.2, -0.15) is 0 Å². The molecular formula is C25H27NO3.